The highest BCUT2D eigenvalue weighted by Gasteiger charge is 2.45. The predicted molar refractivity (Wildman–Crippen MR) is 146 cm³/mol. The maximum Gasteiger partial charge on any atom is 0.287 e. The van der Waals surface area contributed by atoms with Crippen molar-refractivity contribution in [3.8, 4) is 0 Å². The Morgan fingerprint density at radius 2 is 2.00 bits per heavy atom. The van der Waals surface area contributed by atoms with Gasteiger partial charge >= 0.3 is 0 Å². The van der Waals surface area contributed by atoms with E-state index >= 15 is 0 Å². The number of thiophene rings is 1. The highest BCUT2D eigenvalue weighted by Crippen LogP contribution is 2.42. The molecule has 2 unspecified atom stereocenters. The van der Waals surface area contributed by atoms with Crippen molar-refractivity contribution in [3.63, 3.8) is 0 Å². The van der Waals surface area contributed by atoms with Crippen LogP contribution in [0.5, 0.6) is 0 Å². The molecule has 1 saturated carbocycles. The molecule has 210 valence electrons. The summed E-state index contributed by atoms with van der Waals surface area (Å²) in [4.78, 5) is 15.3. The Bertz CT molecular complexity index is 1620. The summed E-state index contributed by atoms with van der Waals surface area (Å²) < 4.78 is 69.3. The number of aliphatic hydroxyl groups excluding tert-OH is 1. The van der Waals surface area contributed by atoms with Crippen molar-refractivity contribution in [3.05, 3.63) is 56.9 Å². The summed E-state index contributed by atoms with van der Waals surface area (Å²) in [5.74, 6) is -2.08. The predicted octanol–water partition coefficient (Wildman–Crippen LogP) is 3.91. The molecule has 3 aliphatic rings. The molecular formula is C24H26ClFN4O6S3. The fourth-order valence-corrected chi connectivity index (χ4v) is 8.55. The molecule has 10 nitrogen and oxygen atoms in total. The topological polar surface area (TPSA) is 145 Å². The third kappa shape index (κ3) is 5.57. The van der Waals surface area contributed by atoms with Crippen molar-refractivity contribution in [1.82, 2.24) is 9.62 Å². The van der Waals surface area contributed by atoms with E-state index in [4.69, 9.17) is 11.6 Å². The zero-order valence-corrected chi connectivity index (χ0v) is 24.0. The van der Waals surface area contributed by atoms with E-state index in [1.54, 1.807) is 4.90 Å². The minimum atomic E-state index is -4.34. The van der Waals surface area contributed by atoms with E-state index < -0.39 is 37.7 Å². The van der Waals surface area contributed by atoms with Crippen LogP contribution in [-0.2, 0) is 37.9 Å². The molecule has 0 bridgehead atoms. The zero-order valence-electron chi connectivity index (χ0n) is 20.8. The summed E-state index contributed by atoms with van der Waals surface area (Å²) in [5.41, 5.74) is 0.486. The molecule has 0 spiro atoms. The van der Waals surface area contributed by atoms with E-state index in [1.807, 2.05) is 0 Å². The number of sulfonamides is 2. The first-order chi connectivity index (χ1) is 18.4. The molecule has 2 aromatic rings. The van der Waals surface area contributed by atoms with E-state index in [0.29, 0.717) is 18.4 Å². The lowest BCUT2D eigenvalue weighted by Gasteiger charge is -2.41. The first-order valence-corrected chi connectivity index (χ1v) is 16.8. The average molecular weight is 617 g/mol. The van der Waals surface area contributed by atoms with E-state index in [2.05, 4.69) is 14.4 Å². The van der Waals surface area contributed by atoms with Crippen LogP contribution < -0.4 is 10.0 Å². The van der Waals surface area contributed by atoms with Crippen molar-refractivity contribution in [2.24, 2.45) is 10.3 Å². The summed E-state index contributed by atoms with van der Waals surface area (Å²) in [7, 11) is -7.92. The Kier molecular flexibility index (Phi) is 7.52. The molecule has 5 rings (SSSR count). The Hall–Kier alpha value is -2.52. The normalized spacial score (nSPS) is 23.0. The van der Waals surface area contributed by atoms with Gasteiger partial charge in [0.2, 0.25) is 10.0 Å². The fraction of sp³-hybridized carbons (Fsp3) is 0.417. The Balaban J connectivity index is 1.54. The van der Waals surface area contributed by atoms with Gasteiger partial charge < -0.3 is 15.3 Å². The van der Waals surface area contributed by atoms with Gasteiger partial charge in [0.1, 0.15) is 27.0 Å². The Morgan fingerprint density at radius 3 is 2.72 bits per heavy atom. The van der Waals surface area contributed by atoms with Crippen LogP contribution in [0.25, 0.3) is 0 Å². The van der Waals surface area contributed by atoms with Crippen LogP contribution in [0.15, 0.2) is 44.2 Å². The summed E-state index contributed by atoms with van der Waals surface area (Å²) >= 11 is 7.29. The number of nitrogens with one attached hydrogen (secondary N) is 2. The molecule has 2 atom stereocenters. The number of nitrogens with zero attached hydrogens (tertiary/aromatic N) is 2. The SMILES string of the molecule is CS(=O)(=O)NCc1csc2c1S(=O)(=O)N=C(C1=C(O)C3CCCCCC3N(Cc3ccc(F)cc3Cl)C1=O)N2. The monoisotopic (exact) mass is 616 g/mol. The van der Waals surface area contributed by atoms with Crippen LogP contribution in [0.3, 0.4) is 0 Å². The summed E-state index contributed by atoms with van der Waals surface area (Å²) in [6.45, 7) is -0.208. The molecule has 1 fully saturated rings. The molecular weight excluding hydrogens is 591 g/mol. The van der Waals surface area contributed by atoms with Crippen molar-refractivity contribution in [2.45, 2.75) is 56.1 Å². The van der Waals surface area contributed by atoms with Gasteiger partial charge in [-0.2, -0.15) is 8.42 Å². The van der Waals surface area contributed by atoms with Gasteiger partial charge in [-0.3, -0.25) is 4.79 Å². The lowest BCUT2D eigenvalue weighted by atomic mass is 9.84. The van der Waals surface area contributed by atoms with Crippen molar-refractivity contribution in [1.29, 1.82) is 0 Å². The van der Waals surface area contributed by atoms with Crippen LogP contribution >= 0.6 is 22.9 Å². The highest BCUT2D eigenvalue weighted by atomic mass is 35.5. The minimum absolute atomic E-state index is 0.0431. The lowest BCUT2D eigenvalue weighted by Crippen LogP contribution is -2.51. The molecule has 3 heterocycles. The molecule has 1 aromatic carbocycles. The molecule has 2 aliphatic heterocycles. The Morgan fingerprint density at radius 1 is 1.26 bits per heavy atom. The number of fused-ring (bicyclic) bond motifs is 2. The number of amides is 1. The van der Waals surface area contributed by atoms with Gasteiger partial charge in [0.05, 0.1) is 6.26 Å². The van der Waals surface area contributed by atoms with E-state index in [0.717, 1.165) is 42.9 Å². The van der Waals surface area contributed by atoms with Crippen molar-refractivity contribution >= 4 is 59.7 Å². The van der Waals surface area contributed by atoms with Gasteiger partial charge in [0, 0.05) is 35.6 Å². The van der Waals surface area contributed by atoms with Crippen LogP contribution in [-0.4, -0.2) is 50.9 Å². The number of hydrogen-bond acceptors (Lipinski definition) is 8. The number of carbonyl (C=O) groups excluding carboxylic acids is 1. The largest absolute Gasteiger partial charge is 0.511 e. The fourth-order valence-electron chi connectivity index (χ4n) is 5.30. The molecule has 1 amide bonds. The van der Waals surface area contributed by atoms with Crippen LogP contribution in [0.4, 0.5) is 9.39 Å². The minimum Gasteiger partial charge on any atom is -0.511 e. The van der Waals surface area contributed by atoms with Crippen molar-refractivity contribution in [2.75, 3.05) is 11.6 Å². The van der Waals surface area contributed by atoms with Gasteiger partial charge in [-0.15, -0.1) is 15.7 Å². The van der Waals surface area contributed by atoms with E-state index in [-0.39, 0.29) is 56.8 Å². The molecule has 3 N–H and O–H groups in total. The van der Waals surface area contributed by atoms with Crippen LogP contribution in [0.1, 0.15) is 43.2 Å². The second-order valence-electron chi connectivity index (χ2n) is 9.79. The molecule has 15 heteroatoms. The number of hydrogen-bond donors (Lipinski definition) is 3. The van der Waals surface area contributed by atoms with Gasteiger partial charge in [-0.1, -0.05) is 36.9 Å². The lowest BCUT2D eigenvalue weighted by molar-refractivity contribution is -0.132. The number of benzene rings is 1. The van der Waals surface area contributed by atoms with Gasteiger partial charge in [-0.25, -0.2) is 17.5 Å². The highest BCUT2D eigenvalue weighted by molar-refractivity contribution is 7.91. The number of anilines is 1. The molecule has 39 heavy (non-hydrogen) atoms. The standard InChI is InChI=1S/C24H26ClFN4O6S3/c1-38(33,34)27-10-14-12-37-23-21(14)39(35,36)29-22(28-23)19-20(31)16-5-3-2-4-6-18(16)30(24(19)32)11-13-7-8-15(26)9-17(13)25/h7-9,12,16,18,27,31H,2-6,10-11H2,1H3,(H,28,29). The van der Waals surface area contributed by atoms with Crippen molar-refractivity contribution < 1.29 is 31.1 Å². The first-order valence-electron chi connectivity index (χ1n) is 12.2. The van der Waals surface area contributed by atoms with E-state index in [1.165, 1.54) is 17.5 Å². The second kappa shape index (κ2) is 10.5. The summed E-state index contributed by atoms with van der Waals surface area (Å²) in [5, 5.41) is 16.0. The smallest absolute Gasteiger partial charge is 0.287 e. The number of carbonyl (C=O) groups is 1. The molecule has 0 saturated heterocycles. The average Bonchev–Trinajstić information content (AvgIpc) is 3.10. The number of rotatable bonds is 6. The first kappa shape index (κ1) is 28.0. The maximum atomic E-state index is 13.9. The number of halogens is 2. The van der Waals surface area contributed by atoms with E-state index in [9.17, 15) is 31.1 Å². The van der Waals surface area contributed by atoms with Gasteiger partial charge in [-0.05, 0) is 35.9 Å². The number of aliphatic hydroxyl groups is 1. The molecule has 0 radical (unpaired) electrons. The molecule has 1 aliphatic carbocycles. The second-order valence-corrected chi connectivity index (χ2v) is 14.5. The summed E-state index contributed by atoms with van der Waals surface area (Å²) in [6.07, 6.45) is 4.78. The summed E-state index contributed by atoms with van der Waals surface area (Å²) in [6, 6.07) is 3.57. The molecule has 1 aromatic heterocycles. The van der Waals surface area contributed by atoms with Gasteiger partial charge in [0.25, 0.3) is 15.9 Å². The maximum absolute atomic E-state index is 13.9. The quantitative estimate of drug-likeness (QED) is 0.446. The third-order valence-electron chi connectivity index (χ3n) is 7.10. The third-order valence-corrected chi connectivity index (χ3v) is 10.6. The Labute approximate surface area is 234 Å². The number of amidine groups is 1. The van der Waals surface area contributed by atoms with Crippen LogP contribution in [0, 0.1) is 11.7 Å². The van der Waals surface area contributed by atoms with Gasteiger partial charge in [0.15, 0.2) is 5.84 Å². The zero-order chi connectivity index (χ0) is 28.1. The van der Waals surface area contributed by atoms with Crippen LogP contribution in [0.2, 0.25) is 5.02 Å².